The lowest BCUT2D eigenvalue weighted by molar-refractivity contribution is 0.473. The van der Waals surface area contributed by atoms with E-state index in [0.717, 1.165) is 0 Å². The number of nitrogens with one attached hydrogen (secondary N) is 1. The minimum absolute atomic E-state index is 0.0160. The van der Waals surface area contributed by atoms with Crippen LogP contribution in [-0.4, -0.2) is 18.5 Å². The van der Waals surface area contributed by atoms with Gasteiger partial charge in [-0.05, 0) is 30.3 Å². The number of phenolic OH excluding ortho intramolecular Hbond substituents is 1. The van der Waals surface area contributed by atoms with Gasteiger partial charge in [-0.15, -0.1) is 0 Å². The van der Waals surface area contributed by atoms with Crippen molar-refractivity contribution in [1.29, 1.82) is 0 Å². The Morgan fingerprint density at radius 2 is 2.00 bits per heavy atom. The maximum absolute atomic E-state index is 12.2. The van der Waals surface area contributed by atoms with Crippen molar-refractivity contribution in [2.75, 3.05) is 4.72 Å². The third-order valence-corrected chi connectivity index (χ3v) is 4.09. The molecule has 0 radical (unpaired) electrons. The zero-order chi connectivity index (χ0) is 14.2. The molecule has 2 aromatic carbocycles. The van der Waals surface area contributed by atoms with Crippen LogP contribution in [0.25, 0.3) is 11.1 Å². The van der Waals surface area contributed by atoms with Gasteiger partial charge in [0.15, 0.2) is 12.0 Å². The first kappa shape index (κ1) is 12.5. The van der Waals surface area contributed by atoms with E-state index in [0.29, 0.717) is 16.8 Å². The number of oxazole rings is 1. The molecule has 0 aliphatic carbocycles. The Bertz CT molecular complexity index is 871. The predicted molar refractivity (Wildman–Crippen MR) is 72.9 cm³/mol. The first-order valence-electron chi connectivity index (χ1n) is 5.70. The second kappa shape index (κ2) is 4.53. The van der Waals surface area contributed by atoms with Crippen LogP contribution in [0.1, 0.15) is 0 Å². The van der Waals surface area contributed by atoms with Crippen LogP contribution in [0.4, 0.5) is 5.69 Å². The average Bonchev–Trinajstić information content (AvgIpc) is 2.85. The van der Waals surface area contributed by atoms with E-state index in [9.17, 15) is 13.5 Å². The molecule has 0 spiro atoms. The Labute approximate surface area is 114 Å². The summed E-state index contributed by atoms with van der Waals surface area (Å²) in [7, 11) is -3.76. The number of aromatic nitrogens is 1. The molecule has 1 aromatic heterocycles. The van der Waals surface area contributed by atoms with Crippen molar-refractivity contribution in [2.24, 2.45) is 0 Å². The third-order valence-electron chi connectivity index (χ3n) is 2.71. The smallest absolute Gasteiger partial charge is 0.262 e. The number of nitrogens with zero attached hydrogens (tertiary/aromatic N) is 1. The first-order chi connectivity index (χ1) is 9.54. The van der Waals surface area contributed by atoms with E-state index in [2.05, 4.69) is 9.71 Å². The molecule has 0 aliphatic heterocycles. The lowest BCUT2D eigenvalue weighted by atomic mass is 10.3. The van der Waals surface area contributed by atoms with Gasteiger partial charge < -0.3 is 9.52 Å². The molecule has 0 unspecified atom stereocenters. The Balaban J connectivity index is 1.96. The first-order valence-corrected chi connectivity index (χ1v) is 7.18. The maximum atomic E-state index is 12.2. The molecule has 0 fully saturated rings. The maximum Gasteiger partial charge on any atom is 0.262 e. The third kappa shape index (κ3) is 2.30. The summed E-state index contributed by atoms with van der Waals surface area (Å²) in [5, 5.41) is 9.34. The standard InChI is InChI=1S/C13H10N2O4S/c16-10-2-1-3-11(7-10)20(17,18)15-9-4-5-13-12(6-9)14-8-19-13/h1-8,15-16H. The minimum atomic E-state index is -3.76. The fourth-order valence-electron chi connectivity index (χ4n) is 1.79. The van der Waals surface area contributed by atoms with Gasteiger partial charge in [0, 0.05) is 6.07 Å². The highest BCUT2D eigenvalue weighted by Gasteiger charge is 2.15. The van der Waals surface area contributed by atoms with Crippen LogP contribution >= 0.6 is 0 Å². The molecule has 0 atom stereocenters. The van der Waals surface area contributed by atoms with E-state index in [1.807, 2.05) is 0 Å². The summed E-state index contributed by atoms with van der Waals surface area (Å²) >= 11 is 0. The summed E-state index contributed by atoms with van der Waals surface area (Å²) in [5.41, 5.74) is 1.50. The molecule has 20 heavy (non-hydrogen) atoms. The van der Waals surface area contributed by atoms with Gasteiger partial charge >= 0.3 is 0 Å². The Morgan fingerprint density at radius 3 is 2.80 bits per heavy atom. The van der Waals surface area contributed by atoms with Gasteiger partial charge in [0.25, 0.3) is 10.0 Å². The van der Waals surface area contributed by atoms with Crippen LogP contribution in [0.2, 0.25) is 0 Å². The number of benzene rings is 2. The predicted octanol–water partition coefficient (Wildman–Crippen LogP) is 2.33. The van der Waals surface area contributed by atoms with E-state index in [4.69, 9.17) is 4.42 Å². The van der Waals surface area contributed by atoms with E-state index >= 15 is 0 Å². The lowest BCUT2D eigenvalue weighted by Crippen LogP contribution is -2.12. The number of hydrogen-bond acceptors (Lipinski definition) is 5. The van der Waals surface area contributed by atoms with E-state index < -0.39 is 10.0 Å². The number of sulfonamides is 1. The van der Waals surface area contributed by atoms with Crippen LogP contribution in [0.5, 0.6) is 5.75 Å². The summed E-state index contributed by atoms with van der Waals surface area (Å²) in [4.78, 5) is 3.94. The van der Waals surface area contributed by atoms with E-state index in [1.54, 1.807) is 18.2 Å². The molecule has 6 nitrogen and oxygen atoms in total. The summed E-state index contributed by atoms with van der Waals surface area (Å²) < 4.78 is 31.8. The molecule has 3 rings (SSSR count). The van der Waals surface area contributed by atoms with Gasteiger partial charge in [-0.3, -0.25) is 4.72 Å². The number of hydrogen-bond donors (Lipinski definition) is 2. The number of rotatable bonds is 3. The Morgan fingerprint density at radius 1 is 1.15 bits per heavy atom. The molecule has 102 valence electrons. The second-order valence-corrected chi connectivity index (χ2v) is 5.82. The highest BCUT2D eigenvalue weighted by molar-refractivity contribution is 7.92. The normalized spacial score (nSPS) is 11.6. The summed E-state index contributed by atoms with van der Waals surface area (Å²) in [6.45, 7) is 0. The fourth-order valence-corrected chi connectivity index (χ4v) is 2.87. The van der Waals surface area contributed by atoms with Gasteiger partial charge in [-0.1, -0.05) is 6.07 Å². The number of aromatic hydroxyl groups is 1. The summed E-state index contributed by atoms with van der Waals surface area (Å²) in [6.07, 6.45) is 1.29. The van der Waals surface area contributed by atoms with Crippen molar-refractivity contribution in [2.45, 2.75) is 4.90 Å². The Hall–Kier alpha value is -2.54. The summed E-state index contributed by atoms with van der Waals surface area (Å²) in [6, 6.07) is 10.2. The number of fused-ring (bicyclic) bond motifs is 1. The van der Waals surface area contributed by atoms with Gasteiger partial charge in [-0.2, -0.15) is 0 Å². The zero-order valence-corrected chi connectivity index (χ0v) is 11.0. The van der Waals surface area contributed by atoms with Crippen molar-refractivity contribution >= 4 is 26.8 Å². The van der Waals surface area contributed by atoms with Gasteiger partial charge in [-0.25, -0.2) is 13.4 Å². The fraction of sp³-hybridized carbons (Fsp3) is 0. The zero-order valence-electron chi connectivity index (χ0n) is 10.1. The van der Waals surface area contributed by atoms with Gasteiger partial charge in [0.05, 0.1) is 10.6 Å². The van der Waals surface area contributed by atoms with Crippen LogP contribution in [0, 0.1) is 0 Å². The van der Waals surface area contributed by atoms with Gasteiger partial charge in [0.1, 0.15) is 11.3 Å². The van der Waals surface area contributed by atoms with Crippen LogP contribution in [0.15, 0.2) is 58.2 Å². The highest BCUT2D eigenvalue weighted by Crippen LogP contribution is 2.22. The van der Waals surface area contributed by atoms with Crippen molar-refractivity contribution in [3.8, 4) is 5.75 Å². The molecule has 0 aliphatic rings. The largest absolute Gasteiger partial charge is 0.508 e. The number of anilines is 1. The summed E-state index contributed by atoms with van der Waals surface area (Å²) in [5.74, 6) is -0.111. The van der Waals surface area contributed by atoms with Crippen molar-refractivity contribution < 1.29 is 17.9 Å². The molecule has 0 saturated heterocycles. The SMILES string of the molecule is O=S(=O)(Nc1ccc2ocnc2c1)c1cccc(O)c1. The quantitative estimate of drug-likeness (QED) is 0.772. The van der Waals surface area contributed by atoms with E-state index in [1.165, 1.54) is 30.7 Å². The van der Waals surface area contributed by atoms with Crippen molar-refractivity contribution in [3.63, 3.8) is 0 Å². The molecule has 0 saturated carbocycles. The van der Waals surface area contributed by atoms with Crippen LogP contribution < -0.4 is 4.72 Å². The van der Waals surface area contributed by atoms with Crippen LogP contribution in [-0.2, 0) is 10.0 Å². The van der Waals surface area contributed by atoms with Crippen LogP contribution in [0.3, 0.4) is 0 Å². The molecular weight excluding hydrogens is 280 g/mol. The average molecular weight is 290 g/mol. The topological polar surface area (TPSA) is 92.4 Å². The molecule has 7 heteroatoms. The molecule has 1 heterocycles. The Kier molecular flexibility index (Phi) is 2.83. The molecule has 0 amide bonds. The minimum Gasteiger partial charge on any atom is -0.508 e. The molecule has 0 bridgehead atoms. The van der Waals surface area contributed by atoms with Gasteiger partial charge in [0.2, 0.25) is 0 Å². The molecule has 2 N–H and O–H groups in total. The van der Waals surface area contributed by atoms with Crippen molar-refractivity contribution in [3.05, 3.63) is 48.9 Å². The van der Waals surface area contributed by atoms with E-state index in [-0.39, 0.29) is 10.6 Å². The number of phenols is 1. The highest BCUT2D eigenvalue weighted by atomic mass is 32.2. The molecular formula is C13H10N2O4S. The van der Waals surface area contributed by atoms with Crippen molar-refractivity contribution in [1.82, 2.24) is 4.98 Å². The second-order valence-electron chi connectivity index (χ2n) is 4.14. The lowest BCUT2D eigenvalue weighted by Gasteiger charge is -2.08. The monoisotopic (exact) mass is 290 g/mol. The molecule has 3 aromatic rings.